The van der Waals surface area contributed by atoms with Gasteiger partial charge in [-0.25, -0.2) is 9.97 Å². The third-order valence-corrected chi connectivity index (χ3v) is 5.51. The van der Waals surface area contributed by atoms with Crippen molar-refractivity contribution < 1.29 is 9.47 Å². The highest BCUT2D eigenvalue weighted by molar-refractivity contribution is 7.99. The Hall–Kier alpha value is -2.05. The van der Waals surface area contributed by atoms with Gasteiger partial charge in [0, 0.05) is 28.0 Å². The zero-order chi connectivity index (χ0) is 17.2. The molecule has 0 spiro atoms. The Morgan fingerprint density at radius 2 is 1.88 bits per heavy atom. The highest BCUT2D eigenvalue weighted by Crippen LogP contribution is 2.36. The molecule has 0 saturated heterocycles. The topological polar surface area (TPSA) is 44.2 Å². The second-order valence-electron chi connectivity index (χ2n) is 5.95. The van der Waals surface area contributed by atoms with Crippen molar-refractivity contribution >= 4 is 23.1 Å². The Morgan fingerprint density at radius 3 is 2.72 bits per heavy atom. The summed E-state index contributed by atoms with van der Waals surface area (Å²) in [5.74, 6) is 1.59. The molecule has 0 unspecified atom stereocenters. The van der Waals surface area contributed by atoms with Crippen LogP contribution in [0.5, 0.6) is 11.5 Å². The third kappa shape index (κ3) is 3.65. The van der Waals surface area contributed by atoms with Crippen molar-refractivity contribution in [1.29, 1.82) is 0 Å². The van der Waals surface area contributed by atoms with Gasteiger partial charge in [0.1, 0.15) is 18.2 Å². The molecule has 1 aliphatic heterocycles. The molecule has 6 heteroatoms. The summed E-state index contributed by atoms with van der Waals surface area (Å²) in [6.07, 6.45) is 1.85. The summed E-state index contributed by atoms with van der Waals surface area (Å²) >= 11 is 3.40. The quantitative estimate of drug-likeness (QED) is 0.595. The van der Waals surface area contributed by atoms with E-state index in [0.717, 1.165) is 38.4 Å². The molecule has 128 valence electrons. The maximum absolute atomic E-state index is 5.67. The van der Waals surface area contributed by atoms with Gasteiger partial charge >= 0.3 is 0 Å². The molecule has 0 atom stereocenters. The van der Waals surface area contributed by atoms with Crippen LogP contribution in [0, 0.1) is 0 Å². The van der Waals surface area contributed by atoms with Crippen LogP contribution in [0.4, 0.5) is 0 Å². The Labute approximate surface area is 155 Å². The molecule has 2 aromatic heterocycles. The van der Waals surface area contributed by atoms with Crippen LogP contribution in [-0.4, -0.2) is 28.4 Å². The molecule has 1 aromatic carbocycles. The molecule has 0 amide bonds. The van der Waals surface area contributed by atoms with E-state index in [1.165, 1.54) is 0 Å². The Balaban J connectivity index is 1.62. The van der Waals surface area contributed by atoms with Crippen molar-refractivity contribution in [1.82, 2.24) is 9.97 Å². The molecule has 0 saturated carbocycles. The lowest BCUT2D eigenvalue weighted by molar-refractivity contribution is 0.171. The molecule has 25 heavy (non-hydrogen) atoms. The minimum Gasteiger partial charge on any atom is -0.486 e. The number of rotatable bonds is 4. The van der Waals surface area contributed by atoms with Crippen LogP contribution in [-0.2, 0) is 0 Å². The van der Waals surface area contributed by atoms with E-state index in [4.69, 9.17) is 14.5 Å². The fraction of sp³-hybridized carbons (Fsp3) is 0.263. The zero-order valence-electron chi connectivity index (χ0n) is 14.1. The van der Waals surface area contributed by atoms with E-state index in [1.54, 1.807) is 23.1 Å². The van der Waals surface area contributed by atoms with Crippen molar-refractivity contribution in [2.45, 2.75) is 24.1 Å². The summed E-state index contributed by atoms with van der Waals surface area (Å²) in [6, 6.07) is 10.1. The summed E-state index contributed by atoms with van der Waals surface area (Å²) in [6.45, 7) is 5.53. The van der Waals surface area contributed by atoms with Crippen molar-refractivity contribution in [2.75, 3.05) is 13.2 Å². The summed E-state index contributed by atoms with van der Waals surface area (Å²) in [5.41, 5.74) is 3.09. The Morgan fingerprint density at radius 1 is 1.04 bits per heavy atom. The monoisotopic (exact) mass is 370 g/mol. The molecule has 0 fully saturated rings. The average Bonchev–Trinajstić information content (AvgIpc) is 3.11. The maximum Gasteiger partial charge on any atom is 0.162 e. The Kier molecular flexibility index (Phi) is 4.63. The molecule has 1 aliphatic rings. The molecular weight excluding hydrogens is 352 g/mol. The van der Waals surface area contributed by atoms with Gasteiger partial charge in [-0.2, -0.15) is 0 Å². The fourth-order valence-corrected chi connectivity index (χ4v) is 4.22. The van der Waals surface area contributed by atoms with E-state index in [1.807, 2.05) is 30.5 Å². The van der Waals surface area contributed by atoms with Crippen molar-refractivity contribution in [3.8, 4) is 33.3 Å². The van der Waals surface area contributed by atoms with Crippen LogP contribution in [0.1, 0.15) is 13.8 Å². The predicted octanol–water partition coefficient (Wildman–Crippen LogP) is 5.14. The van der Waals surface area contributed by atoms with Gasteiger partial charge in [-0.15, -0.1) is 23.1 Å². The van der Waals surface area contributed by atoms with Gasteiger partial charge in [0.05, 0.1) is 10.7 Å². The highest BCUT2D eigenvalue weighted by atomic mass is 32.2. The highest BCUT2D eigenvalue weighted by Gasteiger charge is 2.14. The van der Waals surface area contributed by atoms with Crippen LogP contribution in [0.15, 0.2) is 46.9 Å². The van der Waals surface area contributed by atoms with Gasteiger partial charge < -0.3 is 9.47 Å². The minimum atomic E-state index is 0.507. The summed E-state index contributed by atoms with van der Waals surface area (Å²) in [4.78, 5) is 9.23. The van der Waals surface area contributed by atoms with Crippen molar-refractivity contribution in [3.05, 3.63) is 41.9 Å². The standard InChI is InChI=1S/C19H18N2O2S2/c1-12(2)25-18-10-14(5-6-20-18)19-21-15(11-24-19)13-3-4-16-17(9-13)23-8-7-22-16/h3-6,9-12H,7-8H2,1-2H3. The van der Waals surface area contributed by atoms with Gasteiger partial charge in [0.25, 0.3) is 0 Å². The Bertz CT molecular complexity index is 893. The lowest BCUT2D eigenvalue weighted by Crippen LogP contribution is -2.15. The number of aromatic nitrogens is 2. The normalized spacial score (nSPS) is 13.2. The molecule has 4 rings (SSSR count). The van der Waals surface area contributed by atoms with Crippen LogP contribution in [0.2, 0.25) is 0 Å². The summed E-state index contributed by atoms with van der Waals surface area (Å²) < 4.78 is 11.3. The number of fused-ring (bicyclic) bond motifs is 1. The first-order valence-corrected chi connectivity index (χ1v) is 9.93. The third-order valence-electron chi connectivity index (χ3n) is 3.68. The molecule has 0 bridgehead atoms. The predicted molar refractivity (Wildman–Crippen MR) is 103 cm³/mol. The number of benzene rings is 1. The first-order valence-electron chi connectivity index (χ1n) is 8.18. The molecular formula is C19H18N2O2S2. The summed E-state index contributed by atoms with van der Waals surface area (Å²) in [7, 11) is 0. The van der Waals surface area contributed by atoms with Gasteiger partial charge in [-0.3, -0.25) is 0 Å². The fourth-order valence-electron chi connectivity index (χ4n) is 2.59. The molecule has 0 N–H and O–H groups in total. The van der Waals surface area contributed by atoms with Crippen LogP contribution in [0.3, 0.4) is 0 Å². The van der Waals surface area contributed by atoms with E-state index >= 15 is 0 Å². The lowest BCUT2D eigenvalue weighted by atomic mass is 10.1. The SMILES string of the molecule is CC(C)Sc1cc(-c2nc(-c3ccc4c(c3)OCCO4)cs2)ccn1. The molecule has 0 aliphatic carbocycles. The number of hydrogen-bond donors (Lipinski definition) is 0. The second kappa shape index (κ2) is 7.06. The average molecular weight is 370 g/mol. The number of ether oxygens (including phenoxy) is 2. The molecule has 4 nitrogen and oxygen atoms in total. The van der Waals surface area contributed by atoms with Crippen LogP contribution >= 0.6 is 23.1 Å². The first-order chi connectivity index (χ1) is 12.2. The zero-order valence-corrected chi connectivity index (χ0v) is 15.7. The number of thioether (sulfide) groups is 1. The molecule has 3 heterocycles. The number of nitrogens with zero attached hydrogens (tertiary/aromatic N) is 2. The first kappa shape index (κ1) is 16.4. The summed E-state index contributed by atoms with van der Waals surface area (Å²) in [5, 5.41) is 4.62. The van der Waals surface area contributed by atoms with Gasteiger partial charge in [-0.05, 0) is 30.3 Å². The van der Waals surface area contributed by atoms with E-state index < -0.39 is 0 Å². The van der Waals surface area contributed by atoms with E-state index in [-0.39, 0.29) is 0 Å². The number of hydrogen-bond acceptors (Lipinski definition) is 6. The number of pyridine rings is 1. The molecule has 3 aromatic rings. The van der Waals surface area contributed by atoms with Crippen molar-refractivity contribution in [3.63, 3.8) is 0 Å². The van der Waals surface area contributed by atoms with Gasteiger partial charge in [-0.1, -0.05) is 13.8 Å². The van der Waals surface area contributed by atoms with Crippen LogP contribution < -0.4 is 9.47 Å². The lowest BCUT2D eigenvalue weighted by Gasteiger charge is -2.18. The minimum absolute atomic E-state index is 0.507. The van der Waals surface area contributed by atoms with E-state index in [0.29, 0.717) is 18.5 Å². The second-order valence-corrected chi connectivity index (χ2v) is 8.40. The van der Waals surface area contributed by atoms with Gasteiger partial charge in [0.15, 0.2) is 11.5 Å². The van der Waals surface area contributed by atoms with Crippen molar-refractivity contribution in [2.24, 2.45) is 0 Å². The maximum atomic E-state index is 5.67. The molecule has 0 radical (unpaired) electrons. The van der Waals surface area contributed by atoms with Crippen LogP contribution in [0.25, 0.3) is 21.8 Å². The van der Waals surface area contributed by atoms with E-state index in [2.05, 4.69) is 30.3 Å². The smallest absolute Gasteiger partial charge is 0.162 e. The van der Waals surface area contributed by atoms with Gasteiger partial charge in [0.2, 0.25) is 0 Å². The van der Waals surface area contributed by atoms with E-state index in [9.17, 15) is 0 Å². The largest absolute Gasteiger partial charge is 0.486 e. The number of thiazole rings is 1.